The van der Waals surface area contributed by atoms with Crippen molar-refractivity contribution in [3.8, 4) is 6.07 Å². The van der Waals surface area contributed by atoms with Gasteiger partial charge >= 0.3 is 6.09 Å². The Kier molecular flexibility index (Phi) is 3.63. The SMILES string of the molecule is N#CCc1c[nH]c2ccc(NC(=S)NC(=O)O)cc12. The Labute approximate surface area is 114 Å². The van der Waals surface area contributed by atoms with Crippen LogP contribution in [0, 0.1) is 11.3 Å². The molecule has 4 N–H and O–H groups in total. The first-order valence-electron chi connectivity index (χ1n) is 5.38. The van der Waals surface area contributed by atoms with E-state index in [9.17, 15) is 4.79 Å². The highest BCUT2D eigenvalue weighted by molar-refractivity contribution is 7.80. The molecule has 2 aromatic rings. The Morgan fingerprint density at radius 2 is 2.32 bits per heavy atom. The van der Waals surface area contributed by atoms with Gasteiger partial charge in [-0.1, -0.05) is 0 Å². The van der Waals surface area contributed by atoms with Crippen molar-refractivity contribution in [3.63, 3.8) is 0 Å². The van der Waals surface area contributed by atoms with E-state index in [1.165, 1.54) is 0 Å². The molecule has 6 nitrogen and oxygen atoms in total. The van der Waals surface area contributed by atoms with Gasteiger partial charge in [0.25, 0.3) is 0 Å². The summed E-state index contributed by atoms with van der Waals surface area (Å²) >= 11 is 4.84. The van der Waals surface area contributed by atoms with Gasteiger partial charge in [-0.05, 0) is 36.0 Å². The van der Waals surface area contributed by atoms with Crippen LogP contribution >= 0.6 is 12.2 Å². The highest BCUT2D eigenvalue weighted by Crippen LogP contribution is 2.22. The van der Waals surface area contributed by atoms with Gasteiger partial charge in [0.05, 0.1) is 12.5 Å². The molecule has 7 heteroatoms. The molecule has 1 aromatic heterocycles. The van der Waals surface area contributed by atoms with Crippen LogP contribution in [-0.4, -0.2) is 21.3 Å². The average Bonchev–Trinajstić information content (AvgIpc) is 2.71. The molecule has 0 radical (unpaired) electrons. The second-order valence-electron chi connectivity index (χ2n) is 3.79. The number of hydrogen-bond donors (Lipinski definition) is 4. The van der Waals surface area contributed by atoms with Crippen LogP contribution in [0.3, 0.4) is 0 Å². The van der Waals surface area contributed by atoms with Gasteiger partial charge < -0.3 is 15.4 Å². The molecular weight excluding hydrogens is 264 g/mol. The topological polar surface area (TPSA) is 101 Å². The monoisotopic (exact) mass is 274 g/mol. The van der Waals surface area contributed by atoms with Crippen LogP contribution in [0.1, 0.15) is 5.56 Å². The summed E-state index contributed by atoms with van der Waals surface area (Å²) in [5, 5.41) is 23.0. The van der Waals surface area contributed by atoms with Crippen LogP contribution in [0.4, 0.5) is 10.5 Å². The number of amides is 1. The van der Waals surface area contributed by atoms with Gasteiger partial charge in [0, 0.05) is 22.8 Å². The number of anilines is 1. The van der Waals surface area contributed by atoms with Gasteiger partial charge in [-0.2, -0.15) is 5.26 Å². The molecule has 0 saturated heterocycles. The molecule has 1 amide bonds. The van der Waals surface area contributed by atoms with Crippen LogP contribution in [0.2, 0.25) is 0 Å². The minimum absolute atomic E-state index is 0.00391. The number of nitrogens with one attached hydrogen (secondary N) is 3. The number of rotatable bonds is 2. The van der Waals surface area contributed by atoms with Crippen LogP contribution in [0.15, 0.2) is 24.4 Å². The lowest BCUT2D eigenvalue weighted by Crippen LogP contribution is -2.32. The normalized spacial score (nSPS) is 9.84. The van der Waals surface area contributed by atoms with Crippen molar-refractivity contribution in [1.29, 1.82) is 5.26 Å². The molecule has 0 saturated carbocycles. The van der Waals surface area contributed by atoms with E-state index in [0.29, 0.717) is 12.1 Å². The summed E-state index contributed by atoms with van der Waals surface area (Å²) in [4.78, 5) is 13.5. The predicted octanol–water partition coefficient (Wildman–Crippen LogP) is 2.20. The van der Waals surface area contributed by atoms with E-state index in [4.69, 9.17) is 22.6 Å². The third-order valence-corrected chi connectivity index (χ3v) is 2.72. The zero-order valence-corrected chi connectivity index (χ0v) is 10.5. The van der Waals surface area contributed by atoms with E-state index in [2.05, 4.69) is 16.4 Å². The van der Waals surface area contributed by atoms with Gasteiger partial charge in [0.15, 0.2) is 5.11 Å². The molecule has 0 spiro atoms. The minimum atomic E-state index is -1.22. The average molecular weight is 274 g/mol. The van der Waals surface area contributed by atoms with E-state index in [1.54, 1.807) is 12.3 Å². The molecule has 0 atom stereocenters. The summed E-state index contributed by atoms with van der Waals surface area (Å²) in [6.07, 6.45) is 0.873. The fourth-order valence-electron chi connectivity index (χ4n) is 1.75. The molecule has 19 heavy (non-hydrogen) atoms. The predicted molar refractivity (Wildman–Crippen MR) is 75.0 cm³/mol. The summed E-state index contributed by atoms with van der Waals surface area (Å²) in [6, 6.07) is 7.51. The van der Waals surface area contributed by atoms with E-state index >= 15 is 0 Å². The van der Waals surface area contributed by atoms with Crippen molar-refractivity contribution < 1.29 is 9.90 Å². The molecule has 1 aromatic carbocycles. The number of carboxylic acid groups (broad SMARTS) is 1. The molecule has 0 aliphatic heterocycles. The fourth-order valence-corrected chi connectivity index (χ4v) is 1.95. The number of thiocarbonyl (C=S) groups is 1. The van der Waals surface area contributed by atoms with Crippen molar-refractivity contribution in [2.75, 3.05) is 5.32 Å². The van der Waals surface area contributed by atoms with Gasteiger partial charge in [-0.3, -0.25) is 5.32 Å². The van der Waals surface area contributed by atoms with E-state index in [0.717, 1.165) is 16.5 Å². The van der Waals surface area contributed by atoms with Crippen molar-refractivity contribution >= 4 is 40.0 Å². The summed E-state index contributed by atoms with van der Waals surface area (Å²) in [5.74, 6) is 0. The smallest absolute Gasteiger partial charge is 0.410 e. The van der Waals surface area contributed by atoms with E-state index in [1.807, 2.05) is 17.4 Å². The molecule has 0 fully saturated rings. The Morgan fingerprint density at radius 3 is 3.00 bits per heavy atom. The fraction of sp³-hybridized carbons (Fsp3) is 0.0833. The van der Waals surface area contributed by atoms with Gasteiger partial charge in [-0.25, -0.2) is 4.79 Å². The van der Waals surface area contributed by atoms with Crippen LogP contribution in [0.25, 0.3) is 10.9 Å². The second kappa shape index (κ2) is 5.37. The summed E-state index contributed by atoms with van der Waals surface area (Å²) < 4.78 is 0. The molecule has 96 valence electrons. The van der Waals surface area contributed by atoms with E-state index < -0.39 is 6.09 Å². The number of aromatic amines is 1. The zero-order valence-electron chi connectivity index (χ0n) is 9.73. The Morgan fingerprint density at radius 1 is 1.53 bits per heavy atom. The summed E-state index contributed by atoms with van der Waals surface area (Å²) in [5.41, 5.74) is 2.45. The number of nitrogens with zero attached hydrogens (tertiary/aromatic N) is 1. The van der Waals surface area contributed by atoms with E-state index in [-0.39, 0.29) is 5.11 Å². The Hall–Kier alpha value is -2.59. The standard InChI is InChI=1S/C12H10N4O2S/c13-4-3-7-6-14-10-2-1-8(5-9(7)10)15-11(19)16-12(17)18/h1-2,5-6,14H,3H2,(H,17,18)(H2,15,16,19). The lowest BCUT2D eigenvalue weighted by Gasteiger charge is -2.07. The third-order valence-electron chi connectivity index (χ3n) is 2.52. The van der Waals surface area contributed by atoms with Gasteiger partial charge in [0.1, 0.15) is 0 Å². The zero-order chi connectivity index (χ0) is 13.8. The number of benzene rings is 1. The number of H-pyrrole nitrogens is 1. The maximum Gasteiger partial charge on any atom is 0.410 e. The number of aromatic nitrogens is 1. The lowest BCUT2D eigenvalue weighted by molar-refractivity contribution is 0.200. The van der Waals surface area contributed by atoms with Crippen LogP contribution < -0.4 is 10.6 Å². The molecule has 0 aliphatic carbocycles. The first-order valence-corrected chi connectivity index (χ1v) is 5.79. The van der Waals surface area contributed by atoms with Crippen molar-refractivity contribution in [1.82, 2.24) is 10.3 Å². The van der Waals surface area contributed by atoms with Crippen LogP contribution in [0.5, 0.6) is 0 Å². The molecular formula is C12H10N4O2S. The molecule has 0 unspecified atom stereocenters. The second-order valence-corrected chi connectivity index (χ2v) is 4.20. The minimum Gasteiger partial charge on any atom is -0.465 e. The quantitative estimate of drug-likeness (QED) is 0.629. The maximum absolute atomic E-state index is 10.4. The lowest BCUT2D eigenvalue weighted by atomic mass is 10.1. The highest BCUT2D eigenvalue weighted by atomic mass is 32.1. The molecule has 2 rings (SSSR count). The van der Waals surface area contributed by atoms with Crippen molar-refractivity contribution in [3.05, 3.63) is 30.0 Å². The van der Waals surface area contributed by atoms with Crippen molar-refractivity contribution in [2.45, 2.75) is 6.42 Å². The first kappa shape index (κ1) is 12.9. The number of fused-ring (bicyclic) bond motifs is 1. The van der Waals surface area contributed by atoms with Crippen LogP contribution in [-0.2, 0) is 6.42 Å². The summed E-state index contributed by atoms with van der Waals surface area (Å²) in [7, 11) is 0. The Balaban J connectivity index is 2.25. The maximum atomic E-state index is 10.4. The third kappa shape index (κ3) is 3.00. The van der Waals surface area contributed by atoms with Gasteiger partial charge in [0.2, 0.25) is 0 Å². The Bertz CT molecular complexity index is 687. The van der Waals surface area contributed by atoms with Gasteiger partial charge in [-0.15, -0.1) is 0 Å². The first-order chi connectivity index (χ1) is 9.10. The number of nitriles is 1. The highest BCUT2D eigenvalue weighted by Gasteiger charge is 2.06. The number of carbonyl (C=O) groups is 1. The van der Waals surface area contributed by atoms with Crippen molar-refractivity contribution in [2.24, 2.45) is 0 Å². The molecule has 0 bridgehead atoms. The number of hydrogen-bond acceptors (Lipinski definition) is 3. The molecule has 0 aliphatic rings. The summed E-state index contributed by atoms with van der Waals surface area (Å²) in [6.45, 7) is 0. The largest absolute Gasteiger partial charge is 0.465 e. The molecule has 1 heterocycles.